The van der Waals surface area contributed by atoms with Gasteiger partial charge in [-0.15, -0.1) is 0 Å². The molecular formula is C14H23N3O3S. The Morgan fingerprint density at radius 3 is 2.52 bits per heavy atom. The summed E-state index contributed by atoms with van der Waals surface area (Å²) < 4.78 is 32.4. The van der Waals surface area contributed by atoms with Crippen LogP contribution in [0, 0.1) is 0 Å². The van der Waals surface area contributed by atoms with Gasteiger partial charge in [0.05, 0.1) is 28.5 Å². The molecule has 0 bridgehead atoms. The number of hydrogen-bond acceptors (Lipinski definition) is 5. The minimum absolute atomic E-state index is 0.0854. The summed E-state index contributed by atoms with van der Waals surface area (Å²) in [5.41, 5.74) is 7.35. The summed E-state index contributed by atoms with van der Waals surface area (Å²) in [6.45, 7) is 7.49. The van der Waals surface area contributed by atoms with Gasteiger partial charge in [0.25, 0.3) is 0 Å². The van der Waals surface area contributed by atoms with Gasteiger partial charge in [0.15, 0.2) is 0 Å². The Bertz CT molecular complexity index is 593. The summed E-state index contributed by atoms with van der Waals surface area (Å²) in [7, 11) is -3.48. The Hall–Kier alpha value is -1.31. The molecule has 0 saturated carbocycles. The van der Waals surface area contributed by atoms with Gasteiger partial charge in [0.1, 0.15) is 0 Å². The van der Waals surface area contributed by atoms with E-state index in [9.17, 15) is 8.42 Å². The number of benzene rings is 1. The van der Waals surface area contributed by atoms with E-state index in [1.54, 1.807) is 19.1 Å². The number of ether oxygens (including phenoxy) is 1. The molecule has 1 heterocycles. The molecule has 118 valence electrons. The second kappa shape index (κ2) is 6.21. The molecular weight excluding hydrogens is 290 g/mol. The summed E-state index contributed by atoms with van der Waals surface area (Å²) in [5, 5.41) is 0. The Balaban J connectivity index is 2.35. The zero-order chi connectivity index (χ0) is 15.6. The zero-order valence-corrected chi connectivity index (χ0v) is 13.5. The summed E-state index contributed by atoms with van der Waals surface area (Å²) in [4.78, 5) is 2.32. The standard InChI is InChI=1S/C14H23N3O3S/c1-4-16-21(18,19)12-5-6-13(15)14(7-12)17-8-10(2)20-11(3)9-17/h5-7,10-11,16H,4,8-9,15H2,1-3H3. The minimum Gasteiger partial charge on any atom is -0.397 e. The average Bonchev–Trinajstić information content (AvgIpc) is 2.37. The third-order valence-electron chi connectivity index (χ3n) is 3.41. The van der Waals surface area contributed by atoms with Crippen molar-refractivity contribution in [3.8, 4) is 0 Å². The van der Waals surface area contributed by atoms with E-state index in [4.69, 9.17) is 10.5 Å². The quantitative estimate of drug-likeness (QED) is 0.815. The molecule has 0 aromatic heterocycles. The molecule has 1 aromatic carbocycles. The SMILES string of the molecule is CCNS(=O)(=O)c1ccc(N)c(N2CC(C)OC(C)C2)c1. The zero-order valence-electron chi connectivity index (χ0n) is 12.7. The molecule has 2 rings (SSSR count). The molecule has 0 spiro atoms. The molecule has 6 nitrogen and oxygen atoms in total. The van der Waals surface area contributed by atoms with Crippen LogP contribution in [0.1, 0.15) is 20.8 Å². The highest BCUT2D eigenvalue weighted by Crippen LogP contribution is 2.29. The lowest BCUT2D eigenvalue weighted by molar-refractivity contribution is -0.00518. The first-order valence-electron chi connectivity index (χ1n) is 7.13. The number of anilines is 2. The van der Waals surface area contributed by atoms with Crippen molar-refractivity contribution in [2.24, 2.45) is 0 Å². The maximum atomic E-state index is 12.1. The lowest BCUT2D eigenvalue weighted by atomic mass is 10.2. The van der Waals surface area contributed by atoms with Crippen molar-refractivity contribution in [1.29, 1.82) is 0 Å². The highest BCUT2D eigenvalue weighted by molar-refractivity contribution is 7.89. The van der Waals surface area contributed by atoms with Crippen LogP contribution in [0.2, 0.25) is 0 Å². The van der Waals surface area contributed by atoms with Crippen LogP contribution in [0.25, 0.3) is 0 Å². The van der Waals surface area contributed by atoms with Gasteiger partial charge in [0, 0.05) is 19.6 Å². The van der Waals surface area contributed by atoms with E-state index in [0.29, 0.717) is 25.3 Å². The number of rotatable bonds is 4. The predicted octanol–water partition coefficient (Wildman–Crippen LogP) is 1.18. The van der Waals surface area contributed by atoms with Crippen LogP contribution in [-0.2, 0) is 14.8 Å². The van der Waals surface area contributed by atoms with Gasteiger partial charge in [-0.1, -0.05) is 6.92 Å². The van der Waals surface area contributed by atoms with Crippen molar-refractivity contribution in [2.45, 2.75) is 37.9 Å². The van der Waals surface area contributed by atoms with Gasteiger partial charge < -0.3 is 15.4 Å². The van der Waals surface area contributed by atoms with Gasteiger partial charge in [-0.05, 0) is 32.0 Å². The molecule has 1 aromatic rings. The second-order valence-electron chi connectivity index (χ2n) is 5.38. The maximum Gasteiger partial charge on any atom is 0.240 e. The minimum atomic E-state index is -3.48. The van der Waals surface area contributed by atoms with Crippen molar-refractivity contribution in [1.82, 2.24) is 4.72 Å². The van der Waals surface area contributed by atoms with Crippen molar-refractivity contribution < 1.29 is 13.2 Å². The summed E-state index contributed by atoms with van der Waals surface area (Å²) in [6, 6.07) is 4.81. The van der Waals surface area contributed by atoms with Crippen LogP contribution in [0.4, 0.5) is 11.4 Å². The van der Waals surface area contributed by atoms with Crippen molar-refractivity contribution in [2.75, 3.05) is 30.3 Å². The van der Waals surface area contributed by atoms with E-state index in [0.717, 1.165) is 5.69 Å². The number of hydrogen-bond donors (Lipinski definition) is 2. The van der Waals surface area contributed by atoms with Crippen molar-refractivity contribution in [3.63, 3.8) is 0 Å². The summed E-state index contributed by atoms with van der Waals surface area (Å²) in [6.07, 6.45) is 0.171. The summed E-state index contributed by atoms with van der Waals surface area (Å²) in [5.74, 6) is 0. The lowest BCUT2D eigenvalue weighted by Gasteiger charge is -2.37. The Morgan fingerprint density at radius 1 is 1.33 bits per heavy atom. The van der Waals surface area contributed by atoms with Crippen LogP contribution in [-0.4, -0.2) is 40.3 Å². The molecule has 0 amide bonds. The van der Waals surface area contributed by atoms with Crippen LogP contribution in [0.15, 0.2) is 23.1 Å². The first-order valence-corrected chi connectivity index (χ1v) is 8.61. The fourth-order valence-electron chi connectivity index (χ4n) is 2.61. The molecule has 1 aliphatic heterocycles. The third-order valence-corrected chi connectivity index (χ3v) is 4.95. The molecule has 2 unspecified atom stereocenters. The van der Waals surface area contributed by atoms with Crippen LogP contribution in [0.3, 0.4) is 0 Å². The van der Waals surface area contributed by atoms with Gasteiger partial charge in [-0.25, -0.2) is 13.1 Å². The molecule has 2 atom stereocenters. The fourth-order valence-corrected chi connectivity index (χ4v) is 3.67. The third kappa shape index (κ3) is 3.66. The molecule has 0 aliphatic carbocycles. The molecule has 0 radical (unpaired) electrons. The normalized spacial score (nSPS) is 23.3. The monoisotopic (exact) mass is 313 g/mol. The van der Waals surface area contributed by atoms with Crippen LogP contribution >= 0.6 is 0 Å². The number of nitrogens with zero attached hydrogens (tertiary/aromatic N) is 1. The Kier molecular flexibility index (Phi) is 4.75. The number of nitrogen functional groups attached to an aromatic ring is 1. The predicted molar refractivity (Wildman–Crippen MR) is 83.9 cm³/mol. The maximum absolute atomic E-state index is 12.1. The number of sulfonamides is 1. The van der Waals surface area contributed by atoms with Gasteiger partial charge in [0.2, 0.25) is 10.0 Å². The molecule has 21 heavy (non-hydrogen) atoms. The topological polar surface area (TPSA) is 84.7 Å². The molecule has 1 saturated heterocycles. The van der Waals surface area contributed by atoms with Gasteiger partial charge >= 0.3 is 0 Å². The Morgan fingerprint density at radius 2 is 1.95 bits per heavy atom. The Labute approximate surface area is 126 Å². The molecule has 1 aliphatic rings. The smallest absolute Gasteiger partial charge is 0.240 e. The highest BCUT2D eigenvalue weighted by Gasteiger charge is 2.25. The largest absolute Gasteiger partial charge is 0.397 e. The number of morpholine rings is 1. The van der Waals surface area contributed by atoms with E-state index < -0.39 is 10.0 Å². The average molecular weight is 313 g/mol. The van der Waals surface area contributed by atoms with E-state index in [2.05, 4.69) is 9.62 Å². The number of nitrogens with one attached hydrogen (secondary N) is 1. The first kappa shape index (κ1) is 16.1. The summed E-state index contributed by atoms with van der Waals surface area (Å²) >= 11 is 0. The van der Waals surface area contributed by atoms with E-state index in [1.165, 1.54) is 6.07 Å². The van der Waals surface area contributed by atoms with E-state index in [-0.39, 0.29) is 17.1 Å². The van der Waals surface area contributed by atoms with E-state index in [1.807, 2.05) is 13.8 Å². The van der Waals surface area contributed by atoms with Crippen molar-refractivity contribution in [3.05, 3.63) is 18.2 Å². The fraction of sp³-hybridized carbons (Fsp3) is 0.571. The number of nitrogens with two attached hydrogens (primary N) is 1. The highest BCUT2D eigenvalue weighted by atomic mass is 32.2. The van der Waals surface area contributed by atoms with Gasteiger partial charge in [-0.2, -0.15) is 0 Å². The van der Waals surface area contributed by atoms with Crippen LogP contribution < -0.4 is 15.4 Å². The lowest BCUT2D eigenvalue weighted by Crippen LogP contribution is -2.45. The van der Waals surface area contributed by atoms with Crippen LogP contribution in [0.5, 0.6) is 0 Å². The second-order valence-corrected chi connectivity index (χ2v) is 7.15. The molecule has 7 heteroatoms. The van der Waals surface area contributed by atoms with Crippen molar-refractivity contribution >= 4 is 21.4 Å². The van der Waals surface area contributed by atoms with Gasteiger partial charge in [-0.3, -0.25) is 0 Å². The molecule has 3 N–H and O–H groups in total. The molecule has 1 fully saturated rings. The first-order chi connectivity index (χ1) is 9.83. The van der Waals surface area contributed by atoms with E-state index >= 15 is 0 Å².